The minimum Gasteiger partial charge on any atom is -0.497 e. The van der Waals surface area contributed by atoms with Crippen molar-refractivity contribution in [2.24, 2.45) is 0 Å². The van der Waals surface area contributed by atoms with E-state index in [0.29, 0.717) is 16.5 Å². The Morgan fingerprint density at radius 3 is 2.36 bits per heavy atom. The zero-order valence-corrected chi connectivity index (χ0v) is 12.6. The Hall–Kier alpha value is -2.77. The molecule has 5 heteroatoms. The molecule has 2 aromatic rings. The van der Waals surface area contributed by atoms with Gasteiger partial charge in [-0.3, -0.25) is 4.79 Å². The van der Waals surface area contributed by atoms with Gasteiger partial charge >= 0.3 is 0 Å². The molecule has 1 N–H and O–H groups in total. The first kappa shape index (κ1) is 15.6. The fraction of sp³-hybridized carbons (Fsp3) is 0.0588. The molecule has 0 saturated carbocycles. The molecule has 4 nitrogen and oxygen atoms in total. The van der Waals surface area contributed by atoms with Gasteiger partial charge in [0, 0.05) is 10.7 Å². The van der Waals surface area contributed by atoms with Crippen molar-refractivity contribution >= 4 is 29.3 Å². The van der Waals surface area contributed by atoms with E-state index in [-0.39, 0.29) is 5.57 Å². The van der Waals surface area contributed by atoms with Crippen LogP contribution in [0.3, 0.4) is 0 Å². The average Bonchev–Trinajstić information content (AvgIpc) is 2.55. The van der Waals surface area contributed by atoms with E-state index < -0.39 is 5.91 Å². The standard InChI is InChI=1S/C17H13ClN2O2/c1-22-16-8-2-12(3-9-16)10-13(11-19)17(21)20-15-6-4-14(18)5-7-15/h2-10H,1H3,(H,20,21)/b13-10-. The van der Waals surface area contributed by atoms with Gasteiger partial charge in [0.15, 0.2) is 0 Å². The number of nitrogens with one attached hydrogen (secondary N) is 1. The average molecular weight is 313 g/mol. The molecule has 2 rings (SSSR count). The van der Waals surface area contributed by atoms with E-state index in [1.807, 2.05) is 6.07 Å². The van der Waals surface area contributed by atoms with Crippen LogP contribution < -0.4 is 10.1 Å². The van der Waals surface area contributed by atoms with Gasteiger partial charge in [0.1, 0.15) is 17.4 Å². The third-order valence-electron chi connectivity index (χ3n) is 2.89. The summed E-state index contributed by atoms with van der Waals surface area (Å²) in [7, 11) is 1.57. The second kappa shape index (κ2) is 7.30. The van der Waals surface area contributed by atoms with Gasteiger partial charge in [0.05, 0.1) is 7.11 Å². The van der Waals surface area contributed by atoms with Crippen molar-refractivity contribution in [3.63, 3.8) is 0 Å². The lowest BCUT2D eigenvalue weighted by molar-refractivity contribution is -0.112. The maximum atomic E-state index is 12.1. The number of hydrogen-bond acceptors (Lipinski definition) is 3. The van der Waals surface area contributed by atoms with Crippen LogP contribution in [0.4, 0.5) is 5.69 Å². The summed E-state index contributed by atoms with van der Waals surface area (Å²) in [6.07, 6.45) is 1.52. The van der Waals surface area contributed by atoms with Gasteiger partial charge < -0.3 is 10.1 Å². The summed E-state index contributed by atoms with van der Waals surface area (Å²) in [5.74, 6) is 0.238. The van der Waals surface area contributed by atoms with Crippen LogP contribution in [0.1, 0.15) is 5.56 Å². The first-order valence-corrected chi connectivity index (χ1v) is 6.83. The summed E-state index contributed by atoms with van der Waals surface area (Å²) in [5, 5.41) is 12.4. The van der Waals surface area contributed by atoms with Crippen LogP contribution in [0.15, 0.2) is 54.1 Å². The SMILES string of the molecule is COc1ccc(/C=C(/C#N)C(=O)Nc2ccc(Cl)cc2)cc1. The maximum Gasteiger partial charge on any atom is 0.266 e. The predicted molar refractivity (Wildman–Crippen MR) is 86.7 cm³/mol. The summed E-state index contributed by atoms with van der Waals surface area (Å²) >= 11 is 5.78. The van der Waals surface area contributed by atoms with Crippen LogP contribution >= 0.6 is 11.6 Å². The number of nitrogens with zero attached hydrogens (tertiary/aromatic N) is 1. The number of anilines is 1. The molecule has 22 heavy (non-hydrogen) atoms. The maximum absolute atomic E-state index is 12.1. The van der Waals surface area contributed by atoms with E-state index in [9.17, 15) is 4.79 Å². The lowest BCUT2D eigenvalue weighted by Gasteiger charge is -2.04. The van der Waals surface area contributed by atoms with Gasteiger partial charge in [-0.15, -0.1) is 0 Å². The highest BCUT2D eigenvalue weighted by atomic mass is 35.5. The molecule has 0 aliphatic carbocycles. The van der Waals surface area contributed by atoms with Crippen molar-refractivity contribution in [3.05, 3.63) is 64.7 Å². The van der Waals surface area contributed by atoms with Gasteiger partial charge in [-0.05, 0) is 48.0 Å². The van der Waals surface area contributed by atoms with Gasteiger partial charge in [0.2, 0.25) is 0 Å². The highest BCUT2D eigenvalue weighted by Gasteiger charge is 2.09. The largest absolute Gasteiger partial charge is 0.497 e. The minimum atomic E-state index is -0.472. The van der Waals surface area contributed by atoms with Crippen molar-refractivity contribution in [3.8, 4) is 11.8 Å². The molecule has 0 saturated heterocycles. The van der Waals surface area contributed by atoms with E-state index >= 15 is 0 Å². The summed E-state index contributed by atoms with van der Waals surface area (Å²) in [6.45, 7) is 0. The zero-order chi connectivity index (χ0) is 15.9. The number of hydrogen-bond donors (Lipinski definition) is 1. The van der Waals surface area contributed by atoms with Gasteiger partial charge in [-0.25, -0.2) is 0 Å². The molecule has 0 aliphatic heterocycles. The number of benzene rings is 2. The number of rotatable bonds is 4. The predicted octanol–water partition coefficient (Wildman–Crippen LogP) is 3.89. The van der Waals surface area contributed by atoms with Gasteiger partial charge in [-0.1, -0.05) is 23.7 Å². The van der Waals surface area contributed by atoms with Crippen LogP contribution in [0.2, 0.25) is 5.02 Å². The molecule has 0 atom stereocenters. The van der Waals surface area contributed by atoms with Crippen LogP contribution in [-0.2, 0) is 4.79 Å². The zero-order valence-electron chi connectivity index (χ0n) is 11.8. The highest BCUT2D eigenvalue weighted by molar-refractivity contribution is 6.30. The second-order valence-electron chi connectivity index (χ2n) is 4.40. The molecule has 1 amide bonds. The number of halogens is 1. The minimum absolute atomic E-state index is 0.0140. The number of amides is 1. The monoisotopic (exact) mass is 312 g/mol. The molecule has 0 fully saturated rings. The van der Waals surface area contributed by atoms with Crippen LogP contribution in [-0.4, -0.2) is 13.0 Å². The van der Waals surface area contributed by atoms with Crippen LogP contribution in [0, 0.1) is 11.3 Å². The van der Waals surface area contributed by atoms with E-state index in [1.165, 1.54) is 6.08 Å². The van der Waals surface area contributed by atoms with E-state index in [0.717, 1.165) is 5.56 Å². The Balaban J connectivity index is 2.15. The second-order valence-corrected chi connectivity index (χ2v) is 4.84. The number of nitriles is 1. The Morgan fingerprint density at radius 2 is 1.82 bits per heavy atom. The highest BCUT2D eigenvalue weighted by Crippen LogP contribution is 2.16. The molecular weight excluding hydrogens is 300 g/mol. The number of ether oxygens (including phenoxy) is 1. The Labute approximate surface area is 133 Å². The molecule has 2 aromatic carbocycles. The first-order chi connectivity index (χ1) is 10.6. The van der Waals surface area contributed by atoms with Crippen LogP contribution in [0.5, 0.6) is 5.75 Å². The van der Waals surface area contributed by atoms with E-state index in [4.69, 9.17) is 21.6 Å². The van der Waals surface area contributed by atoms with Crippen molar-refractivity contribution in [1.82, 2.24) is 0 Å². The fourth-order valence-electron chi connectivity index (χ4n) is 1.75. The molecule has 0 aliphatic rings. The third-order valence-corrected chi connectivity index (χ3v) is 3.15. The lowest BCUT2D eigenvalue weighted by Crippen LogP contribution is -2.13. The fourth-order valence-corrected chi connectivity index (χ4v) is 1.87. The summed E-state index contributed by atoms with van der Waals surface area (Å²) in [5.41, 5.74) is 1.33. The van der Waals surface area contributed by atoms with Crippen molar-refractivity contribution in [2.45, 2.75) is 0 Å². The van der Waals surface area contributed by atoms with Gasteiger partial charge in [-0.2, -0.15) is 5.26 Å². The van der Waals surface area contributed by atoms with E-state index in [1.54, 1.807) is 55.6 Å². The van der Waals surface area contributed by atoms with Crippen LogP contribution in [0.25, 0.3) is 6.08 Å². The Morgan fingerprint density at radius 1 is 1.18 bits per heavy atom. The van der Waals surface area contributed by atoms with E-state index in [2.05, 4.69) is 5.32 Å². The Kier molecular flexibility index (Phi) is 5.18. The van der Waals surface area contributed by atoms with Crippen molar-refractivity contribution < 1.29 is 9.53 Å². The molecule has 0 unspecified atom stereocenters. The summed E-state index contributed by atoms with van der Waals surface area (Å²) in [6, 6.07) is 15.6. The quantitative estimate of drug-likeness (QED) is 0.688. The molecule has 0 heterocycles. The molecule has 110 valence electrons. The number of carbonyl (C=O) groups is 1. The van der Waals surface area contributed by atoms with Gasteiger partial charge in [0.25, 0.3) is 5.91 Å². The number of carbonyl (C=O) groups excluding carboxylic acids is 1. The summed E-state index contributed by atoms with van der Waals surface area (Å²) in [4.78, 5) is 12.1. The molecular formula is C17H13ClN2O2. The third kappa shape index (κ3) is 4.11. The normalized spacial score (nSPS) is 10.7. The summed E-state index contributed by atoms with van der Waals surface area (Å²) < 4.78 is 5.06. The smallest absolute Gasteiger partial charge is 0.266 e. The number of methoxy groups -OCH3 is 1. The Bertz CT molecular complexity index is 729. The molecule has 0 aromatic heterocycles. The molecule has 0 spiro atoms. The molecule has 0 bridgehead atoms. The van der Waals surface area contributed by atoms with Crippen molar-refractivity contribution in [2.75, 3.05) is 12.4 Å². The topological polar surface area (TPSA) is 62.1 Å². The lowest BCUT2D eigenvalue weighted by atomic mass is 10.1. The molecule has 0 radical (unpaired) electrons. The van der Waals surface area contributed by atoms with Crippen molar-refractivity contribution in [1.29, 1.82) is 5.26 Å². The first-order valence-electron chi connectivity index (χ1n) is 6.45.